The Morgan fingerprint density at radius 1 is 1.17 bits per heavy atom. The highest BCUT2D eigenvalue weighted by molar-refractivity contribution is 7.99. The van der Waals surface area contributed by atoms with Gasteiger partial charge in [-0.1, -0.05) is 24.6 Å². The van der Waals surface area contributed by atoms with E-state index in [0.29, 0.717) is 26.3 Å². The van der Waals surface area contributed by atoms with Crippen molar-refractivity contribution in [3.8, 4) is 5.75 Å². The van der Waals surface area contributed by atoms with Gasteiger partial charge >= 0.3 is 0 Å². The number of nitrogens with one attached hydrogen (secondary N) is 1. The Balaban J connectivity index is 1.88. The minimum Gasteiger partial charge on any atom is -0.497 e. The molecule has 9 heteroatoms. The molecule has 0 bridgehead atoms. The third kappa shape index (κ3) is 4.06. The highest BCUT2D eigenvalue weighted by atomic mass is 35.5. The molecule has 0 saturated heterocycles. The molecule has 0 fully saturated rings. The Bertz CT molecular complexity index is 1140. The molecule has 0 aliphatic carbocycles. The van der Waals surface area contributed by atoms with Crippen LogP contribution in [0, 0.1) is 6.92 Å². The summed E-state index contributed by atoms with van der Waals surface area (Å²) in [5, 5.41) is 2.89. The maximum Gasteiger partial charge on any atom is 0.268 e. The van der Waals surface area contributed by atoms with Gasteiger partial charge in [0, 0.05) is 5.57 Å². The van der Waals surface area contributed by atoms with E-state index in [1.165, 1.54) is 7.11 Å². The molecule has 0 atom stereocenters. The maximum absolute atomic E-state index is 13.1. The second kappa shape index (κ2) is 8.49. The first kappa shape index (κ1) is 21.9. The zero-order valence-corrected chi connectivity index (χ0v) is 18.3. The number of hydrogen-bond donors (Lipinski definition) is 1. The van der Waals surface area contributed by atoms with E-state index >= 15 is 0 Å². The van der Waals surface area contributed by atoms with Crippen molar-refractivity contribution in [2.75, 3.05) is 19.0 Å². The van der Waals surface area contributed by atoms with Crippen molar-refractivity contribution in [2.24, 2.45) is 0 Å². The molecule has 0 spiro atoms. The number of nitrogens with zero attached hydrogens (tertiary/aromatic N) is 1. The molecule has 1 aliphatic heterocycles. The predicted octanol–water partition coefficient (Wildman–Crippen LogP) is 3.59. The monoisotopic (exact) mass is 448 g/mol. The van der Waals surface area contributed by atoms with Gasteiger partial charge in [0.1, 0.15) is 17.2 Å². The number of amides is 2. The van der Waals surface area contributed by atoms with E-state index in [2.05, 4.69) is 5.32 Å². The summed E-state index contributed by atoms with van der Waals surface area (Å²) < 4.78 is 32.0. The van der Waals surface area contributed by atoms with E-state index in [4.69, 9.17) is 16.3 Å². The Labute approximate surface area is 180 Å². The smallest absolute Gasteiger partial charge is 0.268 e. The largest absolute Gasteiger partial charge is 0.497 e. The summed E-state index contributed by atoms with van der Waals surface area (Å²) in [5.41, 5.74) is 1.76. The van der Waals surface area contributed by atoms with Crippen molar-refractivity contribution >= 4 is 44.0 Å². The third-order valence-electron chi connectivity index (χ3n) is 4.70. The van der Waals surface area contributed by atoms with Crippen LogP contribution in [0.15, 0.2) is 48.0 Å². The van der Waals surface area contributed by atoms with E-state index in [9.17, 15) is 18.0 Å². The van der Waals surface area contributed by atoms with Gasteiger partial charge in [0.2, 0.25) is 5.91 Å². The molecule has 1 heterocycles. The van der Waals surface area contributed by atoms with Gasteiger partial charge in [0.05, 0.1) is 17.8 Å². The molecular formula is C21H21ClN2O5S. The van der Waals surface area contributed by atoms with Crippen LogP contribution >= 0.6 is 11.6 Å². The molecule has 2 aromatic carbocycles. The molecule has 1 aliphatic rings. The van der Waals surface area contributed by atoms with Crippen LogP contribution in [0.4, 0.5) is 5.69 Å². The van der Waals surface area contributed by atoms with Crippen LogP contribution in [0.1, 0.15) is 24.5 Å². The highest BCUT2D eigenvalue weighted by Crippen LogP contribution is 2.37. The molecule has 158 valence electrons. The maximum atomic E-state index is 13.1. The number of methoxy groups -OCH3 is 1. The second-order valence-corrected chi connectivity index (χ2v) is 8.94. The first-order valence-corrected chi connectivity index (χ1v) is 11.0. The topological polar surface area (TPSA) is 92.8 Å². The van der Waals surface area contributed by atoms with Crippen LogP contribution in [0.2, 0.25) is 5.02 Å². The zero-order chi connectivity index (χ0) is 22.1. The van der Waals surface area contributed by atoms with Crippen LogP contribution in [0.25, 0.3) is 4.91 Å². The molecule has 1 N–H and O–H groups in total. The van der Waals surface area contributed by atoms with Gasteiger partial charge in [-0.2, -0.15) is 0 Å². The van der Waals surface area contributed by atoms with Crippen LogP contribution in [0.5, 0.6) is 5.75 Å². The number of sulfonamides is 1. The number of anilines is 1. The number of halogens is 1. The van der Waals surface area contributed by atoms with Crippen molar-refractivity contribution < 1.29 is 22.7 Å². The van der Waals surface area contributed by atoms with E-state index < -0.39 is 28.4 Å². The minimum absolute atomic E-state index is 0.0844. The molecular weight excluding hydrogens is 428 g/mol. The zero-order valence-electron chi connectivity index (χ0n) is 16.7. The summed E-state index contributed by atoms with van der Waals surface area (Å²) in [4.78, 5) is 25.2. The number of hydrogen-bond acceptors (Lipinski definition) is 5. The Morgan fingerprint density at radius 3 is 2.40 bits per heavy atom. The van der Waals surface area contributed by atoms with E-state index in [0.717, 1.165) is 5.56 Å². The second-order valence-electron chi connectivity index (χ2n) is 6.74. The predicted molar refractivity (Wildman–Crippen MR) is 116 cm³/mol. The van der Waals surface area contributed by atoms with Crippen molar-refractivity contribution in [3.63, 3.8) is 0 Å². The van der Waals surface area contributed by atoms with Crippen LogP contribution in [0.3, 0.4) is 0 Å². The minimum atomic E-state index is -4.19. The van der Waals surface area contributed by atoms with Crippen LogP contribution in [-0.2, 0) is 19.6 Å². The molecule has 0 unspecified atom stereocenters. The van der Waals surface area contributed by atoms with E-state index in [1.54, 1.807) is 49.4 Å². The quantitative estimate of drug-likeness (QED) is 0.729. The lowest BCUT2D eigenvalue weighted by molar-refractivity contribution is -0.126. The molecule has 3 rings (SSSR count). The number of carbonyl (C=O) groups excluding carboxylic acids is 2. The first-order valence-electron chi connectivity index (χ1n) is 9.19. The molecule has 0 saturated carbocycles. The average molecular weight is 449 g/mol. The lowest BCUT2D eigenvalue weighted by Crippen LogP contribution is -2.38. The number of ether oxygens (including phenoxy) is 1. The lowest BCUT2D eigenvalue weighted by atomic mass is 10.1. The number of rotatable bonds is 6. The summed E-state index contributed by atoms with van der Waals surface area (Å²) in [6.45, 7) is 2.90. The Hall–Kier alpha value is -2.84. The van der Waals surface area contributed by atoms with Crippen molar-refractivity contribution in [1.29, 1.82) is 0 Å². The van der Waals surface area contributed by atoms with Crippen LogP contribution in [-0.4, -0.2) is 38.2 Å². The average Bonchev–Trinajstić information content (AvgIpc) is 2.90. The van der Waals surface area contributed by atoms with Crippen molar-refractivity contribution in [2.45, 2.75) is 20.3 Å². The molecule has 30 heavy (non-hydrogen) atoms. The summed E-state index contributed by atoms with van der Waals surface area (Å²) in [6, 6.07) is 11.4. The molecule has 2 aromatic rings. The van der Waals surface area contributed by atoms with Gasteiger partial charge in [0.15, 0.2) is 0 Å². The molecule has 0 radical (unpaired) electrons. The molecule has 2 amide bonds. The van der Waals surface area contributed by atoms with Gasteiger partial charge in [-0.05, 0) is 60.9 Å². The molecule has 7 nitrogen and oxygen atoms in total. The highest BCUT2D eigenvalue weighted by Gasteiger charge is 2.44. The fourth-order valence-electron chi connectivity index (χ4n) is 3.20. The fourth-order valence-corrected chi connectivity index (χ4v) is 5.29. The standard InChI is InChI=1S/C21H21ClN2O5S/c1-4-16-20(14-6-8-15(29-3)9-7-14)30(27,28)24(21(16)26)12-19(25)23-18-10-5-13(2)11-17(18)22/h5-11H,4,12H2,1-3H3,(H,23,25). The SMILES string of the molecule is CCC1=C(c2ccc(OC)cc2)S(=O)(=O)N(CC(=O)Nc2ccc(C)cc2Cl)C1=O. The van der Waals surface area contributed by atoms with E-state index in [1.807, 2.05) is 6.92 Å². The van der Waals surface area contributed by atoms with Gasteiger partial charge in [-0.25, -0.2) is 12.7 Å². The van der Waals surface area contributed by atoms with Gasteiger partial charge in [-0.15, -0.1) is 0 Å². The lowest BCUT2D eigenvalue weighted by Gasteiger charge is -2.17. The molecule has 0 aromatic heterocycles. The number of aryl methyl sites for hydroxylation is 1. The van der Waals surface area contributed by atoms with Gasteiger partial charge < -0.3 is 10.1 Å². The number of carbonyl (C=O) groups is 2. The summed E-state index contributed by atoms with van der Waals surface area (Å²) in [7, 11) is -2.68. The van der Waals surface area contributed by atoms with E-state index in [-0.39, 0.29) is 16.9 Å². The third-order valence-corrected chi connectivity index (χ3v) is 6.88. The summed E-state index contributed by atoms with van der Waals surface area (Å²) in [5.74, 6) is -0.803. The van der Waals surface area contributed by atoms with Gasteiger partial charge in [-0.3, -0.25) is 9.59 Å². The summed E-state index contributed by atoms with van der Waals surface area (Å²) >= 11 is 6.12. The van der Waals surface area contributed by atoms with Crippen molar-refractivity contribution in [3.05, 3.63) is 64.2 Å². The number of benzene rings is 2. The fraction of sp³-hybridized carbons (Fsp3) is 0.238. The summed E-state index contributed by atoms with van der Waals surface area (Å²) in [6.07, 6.45) is 0.210. The van der Waals surface area contributed by atoms with Crippen molar-refractivity contribution in [1.82, 2.24) is 4.31 Å². The first-order chi connectivity index (χ1) is 14.2. The Kier molecular flexibility index (Phi) is 6.19. The Morgan fingerprint density at radius 2 is 1.83 bits per heavy atom. The van der Waals surface area contributed by atoms with Gasteiger partial charge in [0.25, 0.3) is 15.9 Å². The normalized spacial score (nSPS) is 15.5. The van der Waals surface area contributed by atoms with Crippen LogP contribution < -0.4 is 10.1 Å².